The Bertz CT molecular complexity index is 736. The topological polar surface area (TPSA) is 58.4 Å². The van der Waals surface area contributed by atoms with Gasteiger partial charge in [0.15, 0.2) is 0 Å². The minimum atomic E-state index is -0.425. The second-order valence-electron chi connectivity index (χ2n) is 5.37. The van der Waals surface area contributed by atoms with Gasteiger partial charge in [-0.25, -0.2) is 14.2 Å². The van der Waals surface area contributed by atoms with Crippen LogP contribution in [0.3, 0.4) is 0 Å². The third-order valence-electron chi connectivity index (χ3n) is 3.91. The first-order valence-electron chi connectivity index (χ1n) is 7.43. The Morgan fingerprint density at radius 2 is 1.83 bits per heavy atom. The molecular formula is C16H17FN4O2. The van der Waals surface area contributed by atoms with Gasteiger partial charge in [0.2, 0.25) is 5.91 Å². The number of piperazine rings is 1. The molecule has 1 aromatic heterocycles. The third kappa shape index (κ3) is 3.56. The molecule has 1 fully saturated rings. The third-order valence-corrected chi connectivity index (χ3v) is 3.91. The molecule has 1 amide bonds. The van der Waals surface area contributed by atoms with E-state index in [-0.39, 0.29) is 18.3 Å². The van der Waals surface area contributed by atoms with Crippen LogP contribution >= 0.6 is 0 Å². The van der Waals surface area contributed by atoms with Crippen LogP contribution in [0.1, 0.15) is 0 Å². The molecule has 0 saturated carbocycles. The van der Waals surface area contributed by atoms with Gasteiger partial charge in [0.05, 0.1) is 0 Å². The van der Waals surface area contributed by atoms with E-state index in [2.05, 4.69) is 9.88 Å². The SMILES string of the molecule is O=C(Cn1cccnc1=O)N1CCN(c2ccc(F)cc2)CC1. The lowest BCUT2D eigenvalue weighted by atomic mass is 10.2. The number of hydrogen-bond donors (Lipinski definition) is 0. The van der Waals surface area contributed by atoms with Gasteiger partial charge in [-0.05, 0) is 30.3 Å². The van der Waals surface area contributed by atoms with Crippen LogP contribution in [0.15, 0.2) is 47.5 Å². The van der Waals surface area contributed by atoms with Crippen LogP contribution < -0.4 is 10.6 Å². The molecule has 2 heterocycles. The molecule has 7 heteroatoms. The first-order valence-corrected chi connectivity index (χ1v) is 7.43. The Labute approximate surface area is 132 Å². The Balaban J connectivity index is 1.58. The monoisotopic (exact) mass is 316 g/mol. The summed E-state index contributed by atoms with van der Waals surface area (Å²) >= 11 is 0. The predicted molar refractivity (Wildman–Crippen MR) is 83.7 cm³/mol. The van der Waals surface area contributed by atoms with Gasteiger partial charge in [-0.15, -0.1) is 0 Å². The number of benzene rings is 1. The van der Waals surface area contributed by atoms with Crippen LogP contribution in [0.25, 0.3) is 0 Å². The van der Waals surface area contributed by atoms with Crippen LogP contribution in [0.4, 0.5) is 10.1 Å². The van der Waals surface area contributed by atoms with E-state index >= 15 is 0 Å². The first-order chi connectivity index (χ1) is 11.1. The van der Waals surface area contributed by atoms with E-state index in [0.717, 1.165) is 5.69 Å². The van der Waals surface area contributed by atoms with Crippen LogP contribution in [0.5, 0.6) is 0 Å². The summed E-state index contributed by atoms with van der Waals surface area (Å²) in [6.45, 7) is 2.51. The van der Waals surface area contributed by atoms with Crippen LogP contribution in [0, 0.1) is 5.82 Å². The number of halogens is 1. The predicted octanol–water partition coefficient (Wildman–Crippen LogP) is 0.731. The second kappa shape index (κ2) is 6.60. The van der Waals surface area contributed by atoms with Crippen molar-refractivity contribution in [1.29, 1.82) is 0 Å². The van der Waals surface area contributed by atoms with Crippen molar-refractivity contribution in [3.8, 4) is 0 Å². The van der Waals surface area contributed by atoms with E-state index in [1.54, 1.807) is 29.3 Å². The summed E-state index contributed by atoms with van der Waals surface area (Å²) in [7, 11) is 0. The number of carbonyl (C=O) groups is 1. The number of amides is 1. The smallest absolute Gasteiger partial charge is 0.347 e. The van der Waals surface area contributed by atoms with E-state index in [0.29, 0.717) is 26.2 Å². The van der Waals surface area contributed by atoms with Gasteiger partial charge in [0.1, 0.15) is 12.4 Å². The molecule has 1 aliphatic rings. The highest BCUT2D eigenvalue weighted by Crippen LogP contribution is 2.17. The van der Waals surface area contributed by atoms with Crippen LogP contribution in [-0.4, -0.2) is 46.5 Å². The molecule has 0 spiro atoms. The van der Waals surface area contributed by atoms with Crippen molar-refractivity contribution < 1.29 is 9.18 Å². The van der Waals surface area contributed by atoms with Gasteiger partial charge in [0, 0.05) is 44.3 Å². The molecule has 6 nitrogen and oxygen atoms in total. The summed E-state index contributed by atoms with van der Waals surface area (Å²) in [6.07, 6.45) is 2.97. The Morgan fingerprint density at radius 1 is 1.13 bits per heavy atom. The van der Waals surface area contributed by atoms with Crippen molar-refractivity contribution in [3.05, 3.63) is 59.0 Å². The summed E-state index contributed by atoms with van der Waals surface area (Å²) in [6, 6.07) is 7.97. The molecular weight excluding hydrogens is 299 g/mol. The van der Waals surface area contributed by atoms with E-state index < -0.39 is 5.69 Å². The summed E-state index contributed by atoms with van der Waals surface area (Å²) in [4.78, 5) is 31.3. The molecule has 120 valence electrons. The molecule has 0 unspecified atom stereocenters. The van der Waals surface area contributed by atoms with Gasteiger partial charge >= 0.3 is 5.69 Å². The largest absolute Gasteiger partial charge is 0.368 e. The maximum absolute atomic E-state index is 13.0. The number of rotatable bonds is 3. The Morgan fingerprint density at radius 3 is 2.48 bits per heavy atom. The normalized spacial score (nSPS) is 14.8. The number of aromatic nitrogens is 2. The number of carbonyl (C=O) groups excluding carboxylic acids is 1. The van der Waals surface area contributed by atoms with Crippen molar-refractivity contribution in [3.63, 3.8) is 0 Å². The molecule has 0 atom stereocenters. The van der Waals surface area contributed by atoms with E-state index in [1.165, 1.54) is 22.9 Å². The van der Waals surface area contributed by atoms with Crippen molar-refractivity contribution in [2.75, 3.05) is 31.1 Å². The lowest BCUT2D eigenvalue weighted by Gasteiger charge is -2.36. The fraction of sp³-hybridized carbons (Fsp3) is 0.312. The van der Waals surface area contributed by atoms with Crippen LogP contribution in [0.2, 0.25) is 0 Å². The Kier molecular flexibility index (Phi) is 4.36. The maximum atomic E-state index is 13.0. The zero-order chi connectivity index (χ0) is 16.2. The number of hydrogen-bond acceptors (Lipinski definition) is 4. The zero-order valence-corrected chi connectivity index (χ0v) is 12.6. The highest BCUT2D eigenvalue weighted by Gasteiger charge is 2.21. The van der Waals surface area contributed by atoms with Crippen molar-refractivity contribution in [2.45, 2.75) is 6.54 Å². The summed E-state index contributed by atoms with van der Waals surface area (Å²) in [5, 5.41) is 0. The van der Waals surface area contributed by atoms with E-state index in [1.807, 2.05) is 0 Å². The highest BCUT2D eigenvalue weighted by molar-refractivity contribution is 5.76. The average Bonchev–Trinajstić information content (AvgIpc) is 2.58. The standard InChI is InChI=1S/C16H17FN4O2/c17-13-2-4-14(5-3-13)19-8-10-20(11-9-19)15(22)12-21-7-1-6-18-16(21)23/h1-7H,8-12H2. The fourth-order valence-corrected chi connectivity index (χ4v) is 2.62. The second-order valence-corrected chi connectivity index (χ2v) is 5.37. The minimum absolute atomic E-state index is 0.00320. The molecule has 2 aromatic rings. The van der Waals surface area contributed by atoms with E-state index in [4.69, 9.17) is 0 Å². The molecule has 23 heavy (non-hydrogen) atoms. The molecule has 0 aliphatic carbocycles. The maximum Gasteiger partial charge on any atom is 0.347 e. The highest BCUT2D eigenvalue weighted by atomic mass is 19.1. The lowest BCUT2D eigenvalue weighted by molar-refractivity contribution is -0.132. The molecule has 0 radical (unpaired) electrons. The molecule has 1 saturated heterocycles. The molecule has 3 rings (SSSR count). The van der Waals surface area contributed by atoms with Crippen molar-refractivity contribution in [1.82, 2.24) is 14.5 Å². The first kappa shape index (κ1) is 15.2. The quantitative estimate of drug-likeness (QED) is 0.838. The summed E-state index contributed by atoms with van der Waals surface area (Å²) in [5.74, 6) is -0.358. The average molecular weight is 316 g/mol. The minimum Gasteiger partial charge on any atom is -0.368 e. The van der Waals surface area contributed by atoms with Crippen molar-refractivity contribution >= 4 is 11.6 Å². The lowest BCUT2D eigenvalue weighted by Crippen LogP contribution is -2.50. The molecule has 1 aliphatic heterocycles. The number of anilines is 1. The van der Waals surface area contributed by atoms with Gasteiger partial charge in [-0.1, -0.05) is 0 Å². The molecule has 0 bridgehead atoms. The summed E-state index contributed by atoms with van der Waals surface area (Å²) in [5.41, 5.74) is 0.521. The zero-order valence-electron chi connectivity index (χ0n) is 12.6. The molecule has 0 N–H and O–H groups in total. The van der Waals surface area contributed by atoms with Gasteiger partial charge in [-0.2, -0.15) is 0 Å². The fourth-order valence-electron chi connectivity index (χ4n) is 2.62. The van der Waals surface area contributed by atoms with Gasteiger partial charge in [0.25, 0.3) is 0 Å². The molecule has 1 aromatic carbocycles. The van der Waals surface area contributed by atoms with Gasteiger partial charge < -0.3 is 9.80 Å². The summed E-state index contributed by atoms with van der Waals surface area (Å²) < 4.78 is 14.3. The Hall–Kier alpha value is -2.70. The van der Waals surface area contributed by atoms with Gasteiger partial charge in [-0.3, -0.25) is 9.36 Å². The van der Waals surface area contributed by atoms with Crippen LogP contribution in [-0.2, 0) is 11.3 Å². The van der Waals surface area contributed by atoms with E-state index in [9.17, 15) is 14.0 Å². The van der Waals surface area contributed by atoms with Crippen molar-refractivity contribution in [2.24, 2.45) is 0 Å². The number of nitrogens with zero attached hydrogens (tertiary/aromatic N) is 4.